The van der Waals surface area contributed by atoms with Gasteiger partial charge in [0.25, 0.3) is 0 Å². The molecule has 1 aromatic carbocycles. The summed E-state index contributed by atoms with van der Waals surface area (Å²) in [4.78, 5) is 19.2. The molecule has 0 spiro atoms. The van der Waals surface area contributed by atoms with Crippen molar-refractivity contribution in [2.45, 2.75) is 6.61 Å². The van der Waals surface area contributed by atoms with Crippen LogP contribution in [0.25, 0.3) is 0 Å². The quantitative estimate of drug-likeness (QED) is 0.609. The maximum absolute atomic E-state index is 11.5. The van der Waals surface area contributed by atoms with Crippen LogP contribution >= 0.6 is 27.5 Å². The van der Waals surface area contributed by atoms with E-state index in [1.165, 1.54) is 6.20 Å². The lowest BCUT2D eigenvalue weighted by Gasteiger charge is -2.09. The van der Waals surface area contributed by atoms with Gasteiger partial charge in [0.05, 0.1) is 11.0 Å². The first kappa shape index (κ1) is 16.5. The Labute approximate surface area is 140 Å². The molecule has 0 saturated carbocycles. The van der Waals surface area contributed by atoms with E-state index in [1.807, 2.05) is 30.3 Å². The average Bonchev–Trinajstić information content (AvgIpc) is 2.53. The average molecular weight is 387 g/mol. The van der Waals surface area contributed by atoms with Crippen molar-refractivity contribution in [2.24, 2.45) is 0 Å². The van der Waals surface area contributed by atoms with E-state index in [9.17, 15) is 4.79 Å². The molecule has 0 fully saturated rings. The van der Waals surface area contributed by atoms with Gasteiger partial charge in [-0.2, -0.15) is 4.98 Å². The molecule has 1 heterocycles. The van der Waals surface area contributed by atoms with Gasteiger partial charge in [0.2, 0.25) is 11.2 Å². The first-order valence-electron chi connectivity index (χ1n) is 6.40. The summed E-state index contributed by atoms with van der Waals surface area (Å²) >= 11 is 8.91. The Kier molecular flexibility index (Phi) is 6.42. The van der Waals surface area contributed by atoms with Crippen molar-refractivity contribution in [3.63, 3.8) is 0 Å². The van der Waals surface area contributed by atoms with Gasteiger partial charge in [0.1, 0.15) is 13.2 Å². The zero-order valence-electron chi connectivity index (χ0n) is 11.5. The molecule has 0 saturated heterocycles. The van der Waals surface area contributed by atoms with E-state index in [1.54, 1.807) is 0 Å². The molecule has 22 heavy (non-hydrogen) atoms. The summed E-state index contributed by atoms with van der Waals surface area (Å²) in [6.45, 7) is 0.731. The summed E-state index contributed by atoms with van der Waals surface area (Å²) in [5.41, 5.74) is 0.924. The van der Waals surface area contributed by atoms with Crippen LogP contribution in [0.4, 0.5) is 4.79 Å². The number of benzene rings is 1. The van der Waals surface area contributed by atoms with Crippen molar-refractivity contribution < 1.29 is 14.3 Å². The Morgan fingerprint density at radius 3 is 2.86 bits per heavy atom. The number of halogens is 2. The number of hydrogen-bond donors (Lipinski definition) is 1. The second-order valence-corrected chi connectivity index (χ2v) is 5.32. The van der Waals surface area contributed by atoms with E-state index in [4.69, 9.17) is 21.1 Å². The smallest absolute Gasteiger partial charge is 0.407 e. The predicted molar refractivity (Wildman–Crippen MR) is 84.9 cm³/mol. The number of alkyl carbamates (subject to hydrolysis) is 1. The fourth-order valence-corrected chi connectivity index (χ4v) is 1.94. The third-order valence-corrected chi connectivity index (χ3v) is 3.23. The fourth-order valence-electron chi connectivity index (χ4n) is 1.51. The van der Waals surface area contributed by atoms with Gasteiger partial charge in [-0.15, -0.1) is 0 Å². The van der Waals surface area contributed by atoms with E-state index >= 15 is 0 Å². The lowest BCUT2D eigenvalue weighted by Crippen LogP contribution is -2.28. The molecule has 1 amide bonds. The highest BCUT2D eigenvalue weighted by Gasteiger charge is 2.06. The first-order chi connectivity index (χ1) is 10.6. The number of ether oxygens (including phenoxy) is 2. The lowest BCUT2D eigenvalue weighted by molar-refractivity contribution is 0.137. The summed E-state index contributed by atoms with van der Waals surface area (Å²) in [5.74, 6) is 0.319. The van der Waals surface area contributed by atoms with Crippen LogP contribution in [0.1, 0.15) is 5.56 Å². The van der Waals surface area contributed by atoms with E-state index in [2.05, 4.69) is 31.2 Å². The highest BCUT2D eigenvalue weighted by Crippen LogP contribution is 2.22. The normalized spacial score (nSPS) is 10.1. The van der Waals surface area contributed by atoms with Crippen molar-refractivity contribution in [1.82, 2.24) is 15.3 Å². The standard InChI is InChI=1S/C14H13BrClN3O3/c15-11-8-18-13(16)19-12(11)21-7-6-17-14(20)22-9-10-4-2-1-3-5-10/h1-5,8H,6-7,9H2,(H,17,20). The SMILES string of the molecule is O=C(NCCOc1nc(Cl)ncc1Br)OCc1ccccc1. The number of aromatic nitrogens is 2. The van der Waals surface area contributed by atoms with Crippen molar-refractivity contribution >= 4 is 33.6 Å². The van der Waals surface area contributed by atoms with Crippen LogP contribution in [0.15, 0.2) is 41.0 Å². The van der Waals surface area contributed by atoms with Gasteiger partial charge in [-0.1, -0.05) is 30.3 Å². The maximum Gasteiger partial charge on any atom is 0.407 e. The molecule has 0 aliphatic rings. The Morgan fingerprint density at radius 2 is 2.09 bits per heavy atom. The molecule has 0 atom stereocenters. The lowest BCUT2D eigenvalue weighted by atomic mass is 10.2. The summed E-state index contributed by atoms with van der Waals surface area (Å²) in [6.07, 6.45) is 0.985. The van der Waals surface area contributed by atoms with E-state index in [-0.39, 0.29) is 25.0 Å². The zero-order valence-corrected chi connectivity index (χ0v) is 13.8. The van der Waals surface area contributed by atoms with Gasteiger partial charge in [-0.25, -0.2) is 9.78 Å². The Hall–Kier alpha value is -1.86. The highest BCUT2D eigenvalue weighted by atomic mass is 79.9. The number of nitrogens with one attached hydrogen (secondary N) is 1. The van der Waals surface area contributed by atoms with Gasteiger partial charge in [-0.3, -0.25) is 0 Å². The molecule has 1 N–H and O–H groups in total. The third kappa shape index (κ3) is 5.50. The van der Waals surface area contributed by atoms with Crippen LogP contribution in [0.2, 0.25) is 5.28 Å². The molecule has 116 valence electrons. The van der Waals surface area contributed by atoms with Crippen LogP contribution in [0, 0.1) is 0 Å². The number of nitrogens with zero attached hydrogens (tertiary/aromatic N) is 2. The third-order valence-electron chi connectivity index (χ3n) is 2.51. The van der Waals surface area contributed by atoms with Crippen LogP contribution in [-0.2, 0) is 11.3 Å². The van der Waals surface area contributed by atoms with Crippen LogP contribution in [-0.4, -0.2) is 29.2 Å². The second-order valence-electron chi connectivity index (χ2n) is 4.13. The fraction of sp³-hybridized carbons (Fsp3) is 0.214. The molecule has 0 aliphatic heterocycles. The minimum absolute atomic E-state index is 0.0911. The molecule has 0 unspecified atom stereocenters. The number of amides is 1. The molecule has 0 aliphatic carbocycles. The van der Waals surface area contributed by atoms with Crippen LogP contribution in [0.3, 0.4) is 0 Å². The molecule has 0 bridgehead atoms. The molecule has 0 radical (unpaired) electrons. The van der Waals surface area contributed by atoms with Gasteiger partial charge >= 0.3 is 6.09 Å². The van der Waals surface area contributed by atoms with E-state index in [0.717, 1.165) is 5.56 Å². The minimum atomic E-state index is -0.507. The monoisotopic (exact) mass is 385 g/mol. The largest absolute Gasteiger partial charge is 0.475 e. The Bertz CT molecular complexity index is 628. The maximum atomic E-state index is 11.5. The van der Waals surface area contributed by atoms with Crippen LogP contribution < -0.4 is 10.1 Å². The van der Waals surface area contributed by atoms with Gasteiger partial charge in [-0.05, 0) is 33.1 Å². The molecular weight excluding hydrogens is 374 g/mol. The number of rotatable bonds is 6. The first-order valence-corrected chi connectivity index (χ1v) is 7.57. The summed E-state index contributed by atoms with van der Waals surface area (Å²) in [7, 11) is 0. The minimum Gasteiger partial charge on any atom is -0.475 e. The molecule has 2 aromatic rings. The number of carbonyl (C=O) groups is 1. The van der Waals surface area contributed by atoms with E-state index < -0.39 is 6.09 Å². The van der Waals surface area contributed by atoms with Gasteiger partial charge in [0, 0.05) is 6.20 Å². The van der Waals surface area contributed by atoms with Crippen molar-refractivity contribution in [3.05, 3.63) is 51.8 Å². The topological polar surface area (TPSA) is 73.3 Å². The summed E-state index contributed by atoms with van der Waals surface area (Å²) in [5, 5.41) is 2.67. The van der Waals surface area contributed by atoms with Gasteiger partial charge in [0.15, 0.2) is 0 Å². The Balaban J connectivity index is 1.66. The van der Waals surface area contributed by atoms with Crippen molar-refractivity contribution in [3.8, 4) is 5.88 Å². The van der Waals surface area contributed by atoms with Crippen molar-refractivity contribution in [2.75, 3.05) is 13.2 Å². The van der Waals surface area contributed by atoms with E-state index in [0.29, 0.717) is 10.4 Å². The van der Waals surface area contributed by atoms with Crippen molar-refractivity contribution in [1.29, 1.82) is 0 Å². The zero-order chi connectivity index (χ0) is 15.8. The second kappa shape index (κ2) is 8.55. The molecule has 1 aromatic heterocycles. The van der Waals surface area contributed by atoms with Crippen LogP contribution in [0.5, 0.6) is 5.88 Å². The Morgan fingerprint density at radius 1 is 1.32 bits per heavy atom. The number of carbonyl (C=O) groups excluding carboxylic acids is 1. The van der Waals surface area contributed by atoms with Gasteiger partial charge < -0.3 is 14.8 Å². The molecule has 8 heteroatoms. The molecular formula is C14H13BrClN3O3. The predicted octanol–water partition coefficient (Wildman–Crippen LogP) is 3.20. The summed E-state index contributed by atoms with van der Waals surface area (Å²) < 4.78 is 11.0. The highest BCUT2D eigenvalue weighted by molar-refractivity contribution is 9.10. The number of hydrogen-bond acceptors (Lipinski definition) is 5. The molecule has 2 rings (SSSR count). The summed E-state index contributed by atoms with van der Waals surface area (Å²) in [6, 6.07) is 9.43. The molecule has 6 nitrogen and oxygen atoms in total.